The number of nitrogens with one attached hydrogen (secondary N) is 3. The van der Waals surface area contributed by atoms with E-state index in [1.54, 1.807) is 48.8 Å². The average molecular weight is 320 g/mol. The number of hydrogen-bond acceptors (Lipinski definition) is 3. The summed E-state index contributed by atoms with van der Waals surface area (Å²) < 4.78 is 0. The van der Waals surface area contributed by atoms with Gasteiger partial charge in [0.25, 0.3) is 5.91 Å². The number of amides is 2. The third-order valence-electron chi connectivity index (χ3n) is 3.36. The summed E-state index contributed by atoms with van der Waals surface area (Å²) in [5.41, 5.74) is 2.69. The van der Waals surface area contributed by atoms with Crippen molar-refractivity contribution in [3.63, 3.8) is 0 Å². The summed E-state index contributed by atoms with van der Waals surface area (Å²) in [6, 6.07) is 14.1. The molecule has 0 unspecified atom stereocenters. The number of anilines is 2. The van der Waals surface area contributed by atoms with Crippen LogP contribution in [0.3, 0.4) is 0 Å². The fraction of sp³-hybridized carbons (Fsp3) is 0.0556. The van der Waals surface area contributed by atoms with Crippen LogP contribution in [0.25, 0.3) is 11.4 Å². The zero-order valence-corrected chi connectivity index (χ0v) is 13.0. The standard InChI is InChI=1S/C18H16N4O2/c1-12(23)21-15-3-2-4-16(11-15)22-18(24)14-7-5-13(6-8-14)17-19-9-10-20-17/h2-11H,1H3,(H,19,20)(H,21,23)(H,22,24). The van der Waals surface area contributed by atoms with E-state index in [1.807, 2.05) is 12.1 Å². The van der Waals surface area contributed by atoms with Crippen molar-refractivity contribution in [3.05, 3.63) is 66.5 Å². The highest BCUT2D eigenvalue weighted by atomic mass is 16.2. The van der Waals surface area contributed by atoms with E-state index in [4.69, 9.17) is 0 Å². The molecule has 0 saturated heterocycles. The Morgan fingerprint density at radius 3 is 2.33 bits per heavy atom. The van der Waals surface area contributed by atoms with Gasteiger partial charge in [0.1, 0.15) is 5.82 Å². The van der Waals surface area contributed by atoms with Crippen LogP contribution < -0.4 is 10.6 Å². The summed E-state index contributed by atoms with van der Waals surface area (Å²) in [4.78, 5) is 30.6. The number of carbonyl (C=O) groups is 2. The smallest absolute Gasteiger partial charge is 0.255 e. The van der Waals surface area contributed by atoms with Gasteiger partial charge in [-0.3, -0.25) is 9.59 Å². The molecule has 6 nitrogen and oxygen atoms in total. The molecule has 0 atom stereocenters. The number of carbonyl (C=O) groups excluding carboxylic acids is 2. The van der Waals surface area contributed by atoms with E-state index in [0.29, 0.717) is 16.9 Å². The number of nitrogens with zero attached hydrogens (tertiary/aromatic N) is 1. The summed E-state index contributed by atoms with van der Waals surface area (Å²) in [6.07, 6.45) is 3.43. The number of rotatable bonds is 4. The highest BCUT2D eigenvalue weighted by Gasteiger charge is 2.08. The molecule has 0 aliphatic rings. The van der Waals surface area contributed by atoms with Crippen LogP contribution in [-0.4, -0.2) is 21.8 Å². The molecule has 0 spiro atoms. The molecule has 0 bridgehead atoms. The van der Waals surface area contributed by atoms with Crippen LogP contribution in [0.4, 0.5) is 11.4 Å². The van der Waals surface area contributed by atoms with E-state index >= 15 is 0 Å². The van der Waals surface area contributed by atoms with E-state index in [1.165, 1.54) is 6.92 Å². The Morgan fingerprint density at radius 2 is 1.71 bits per heavy atom. The van der Waals surface area contributed by atoms with Gasteiger partial charge in [0.15, 0.2) is 0 Å². The molecule has 0 aliphatic heterocycles. The Morgan fingerprint density at radius 1 is 1.00 bits per heavy atom. The topological polar surface area (TPSA) is 86.9 Å². The molecular formula is C18H16N4O2. The predicted molar refractivity (Wildman–Crippen MR) is 92.7 cm³/mol. The normalized spacial score (nSPS) is 10.2. The minimum Gasteiger partial charge on any atom is -0.345 e. The number of aromatic nitrogens is 2. The molecule has 6 heteroatoms. The van der Waals surface area contributed by atoms with Gasteiger partial charge in [-0.05, 0) is 30.3 Å². The van der Waals surface area contributed by atoms with Crippen LogP contribution in [0.2, 0.25) is 0 Å². The first-order valence-electron chi connectivity index (χ1n) is 7.40. The zero-order chi connectivity index (χ0) is 16.9. The van der Waals surface area contributed by atoms with Crippen molar-refractivity contribution < 1.29 is 9.59 Å². The number of imidazole rings is 1. The minimum atomic E-state index is -0.221. The predicted octanol–water partition coefficient (Wildman–Crippen LogP) is 3.29. The van der Waals surface area contributed by atoms with E-state index in [2.05, 4.69) is 20.6 Å². The molecule has 120 valence electrons. The van der Waals surface area contributed by atoms with Crippen molar-refractivity contribution in [3.8, 4) is 11.4 Å². The van der Waals surface area contributed by atoms with E-state index in [9.17, 15) is 9.59 Å². The van der Waals surface area contributed by atoms with Crippen LogP contribution in [0, 0.1) is 0 Å². The zero-order valence-electron chi connectivity index (χ0n) is 13.0. The number of hydrogen-bond donors (Lipinski definition) is 3. The molecule has 24 heavy (non-hydrogen) atoms. The van der Waals surface area contributed by atoms with Crippen molar-refractivity contribution >= 4 is 23.2 Å². The highest BCUT2D eigenvalue weighted by molar-refractivity contribution is 6.04. The second-order valence-corrected chi connectivity index (χ2v) is 5.23. The summed E-state index contributed by atoms with van der Waals surface area (Å²) in [5.74, 6) is 0.373. The maximum atomic E-state index is 12.3. The van der Waals surface area contributed by atoms with E-state index in [0.717, 1.165) is 11.4 Å². The molecule has 1 aromatic heterocycles. The first-order valence-corrected chi connectivity index (χ1v) is 7.40. The van der Waals surface area contributed by atoms with Crippen molar-refractivity contribution in [2.75, 3.05) is 10.6 Å². The molecule has 0 saturated carbocycles. The molecule has 2 amide bonds. The molecular weight excluding hydrogens is 304 g/mol. The fourth-order valence-electron chi connectivity index (χ4n) is 2.28. The number of benzene rings is 2. The van der Waals surface area contributed by atoms with Crippen LogP contribution in [0.15, 0.2) is 60.9 Å². The summed E-state index contributed by atoms with van der Waals surface area (Å²) in [5, 5.41) is 5.49. The highest BCUT2D eigenvalue weighted by Crippen LogP contribution is 2.18. The first kappa shape index (κ1) is 15.5. The molecule has 3 N–H and O–H groups in total. The van der Waals surface area contributed by atoms with Crippen molar-refractivity contribution in [2.45, 2.75) is 6.92 Å². The first-order chi connectivity index (χ1) is 11.6. The number of aromatic amines is 1. The lowest BCUT2D eigenvalue weighted by Gasteiger charge is -2.08. The van der Waals surface area contributed by atoms with Gasteiger partial charge in [-0.15, -0.1) is 0 Å². The van der Waals surface area contributed by atoms with E-state index < -0.39 is 0 Å². The van der Waals surface area contributed by atoms with Gasteiger partial charge in [0, 0.05) is 41.8 Å². The fourth-order valence-corrected chi connectivity index (χ4v) is 2.28. The third kappa shape index (κ3) is 3.67. The summed E-state index contributed by atoms with van der Waals surface area (Å²) >= 11 is 0. The second kappa shape index (κ2) is 6.78. The number of H-pyrrole nitrogens is 1. The van der Waals surface area contributed by atoms with Gasteiger partial charge < -0.3 is 15.6 Å². The Kier molecular flexibility index (Phi) is 4.38. The quantitative estimate of drug-likeness (QED) is 0.689. The van der Waals surface area contributed by atoms with Crippen molar-refractivity contribution in [1.29, 1.82) is 0 Å². The summed E-state index contributed by atoms with van der Waals surface area (Å²) in [6.45, 7) is 1.44. The Labute approximate surface area is 138 Å². The monoisotopic (exact) mass is 320 g/mol. The van der Waals surface area contributed by atoms with E-state index in [-0.39, 0.29) is 11.8 Å². The van der Waals surface area contributed by atoms with Crippen LogP contribution in [-0.2, 0) is 4.79 Å². The SMILES string of the molecule is CC(=O)Nc1cccc(NC(=O)c2ccc(-c3ncc[nH]3)cc2)c1. The molecule has 0 radical (unpaired) electrons. The lowest BCUT2D eigenvalue weighted by molar-refractivity contribution is -0.114. The maximum absolute atomic E-state index is 12.3. The molecule has 1 heterocycles. The van der Waals surface area contributed by atoms with Gasteiger partial charge in [-0.25, -0.2) is 4.98 Å². The van der Waals surface area contributed by atoms with Gasteiger partial charge in [0.2, 0.25) is 5.91 Å². The minimum absolute atomic E-state index is 0.160. The van der Waals surface area contributed by atoms with Crippen molar-refractivity contribution in [2.24, 2.45) is 0 Å². The molecule has 2 aromatic carbocycles. The molecule has 0 fully saturated rings. The third-order valence-corrected chi connectivity index (χ3v) is 3.36. The lowest BCUT2D eigenvalue weighted by Crippen LogP contribution is -2.12. The Bertz CT molecular complexity index is 855. The largest absolute Gasteiger partial charge is 0.345 e. The van der Waals surface area contributed by atoms with Crippen LogP contribution in [0.5, 0.6) is 0 Å². The maximum Gasteiger partial charge on any atom is 0.255 e. The Hall–Kier alpha value is -3.41. The van der Waals surface area contributed by atoms with Crippen molar-refractivity contribution in [1.82, 2.24) is 9.97 Å². The molecule has 3 aromatic rings. The Balaban J connectivity index is 1.72. The van der Waals surface area contributed by atoms with Crippen LogP contribution >= 0.6 is 0 Å². The second-order valence-electron chi connectivity index (χ2n) is 5.23. The average Bonchev–Trinajstić information content (AvgIpc) is 3.09. The molecule has 0 aliphatic carbocycles. The molecule has 3 rings (SSSR count). The summed E-state index contributed by atoms with van der Waals surface area (Å²) in [7, 11) is 0. The lowest BCUT2D eigenvalue weighted by atomic mass is 10.1. The van der Waals surface area contributed by atoms with Gasteiger partial charge >= 0.3 is 0 Å². The van der Waals surface area contributed by atoms with Crippen LogP contribution in [0.1, 0.15) is 17.3 Å². The van der Waals surface area contributed by atoms with Gasteiger partial charge in [0.05, 0.1) is 0 Å². The van der Waals surface area contributed by atoms with Gasteiger partial charge in [-0.2, -0.15) is 0 Å². The van der Waals surface area contributed by atoms with Gasteiger partial charge in [-0.1, -0.05) is 18.2 Å².